The van der Waals surface area contributed by atoms with E-state index in [1.165, 1.54) is 0 Å². The van der Waals surface area contributed by atoms with Crippen molar-refractivity contribution in [1.29, 1.82) is 0 Å². The van der Waals surface area contributed by atoms with Crippen LogP contribution in [-0.2, 0) is 0 Å². The van der Waals surface area contributed by atoms with Gasteiger partial charge in [0.05, 0.1) is 0 Å². The van der Waals surface area contributed by atoms with Gasteiger partial charge in [-0.05, 0) is 17.5 Å². The van der Waals surface area contributed by atoms with Gasteiger partial charge in [-0.15, -0.1) is 0 Å². The first-order valence-electron chi connectivity index (χ1n) is 5.89. The first kappa shape index (κ1) is 12.1. The zero-order valence-electron chi connectivity index (χ0n) is 10.0. The molecule has 2 aromatic carbocycles. The number of rotatable bonds is 2. The fourth-order valence-electron chi connectivity index (χ4n) is 2.09. The minimum atomic E-state index is -0.0169. The molecule has 0 spiro atoms. The molecule has 0 aliphatic rings. The molecule has 0 radical (unpaired) electrons. The van der Waals surface area contributed by atoms with E-state index in [9.17, 15) is 4.79 Å². The molecule has 0 amide bonds. The largest absolute Gasteiger partial charge is 0.288 e. The summed E-state index contributed by atoms with van der Waals surface area (Å²) in [6, 6.07) is 15.2. The maximum atomic E-state index is 12.6. The number of halogens is 1. The summed E-state index contributed by atoms with van der Waals surface area (Å²) in [6.45, 7) is 0. The molecule has 0 unspecified atom stereocenters. The number of pyridine rings is 1. The van der Waals surface area contributed by atoms with Gasteiger partial charge >= 0.3 is 0 Å². The minimum absolute atomic E-state index is 0.0169. The minimum Gasteiger partial charge on any atom is -0.288 e. The van der Waals surface area contributed by atoms with E-state index in [1.807, 2.05) is 48.5 Å². The van der Waals surface area contributed by atoms with E-state index >= 15 is 0 Å². The highest BCUT2D eigenvalue weighted by Crippen LogP contribution is 2.24. The Kier molecular flexibility index (Phi) is 3.13. The van der Waals surface area contributed by atoms with Crippen LogP contribution in [0.25, 0.3) is 10.8 Å². The highest BCUT2D eigenvalue weighted by atomic mass is 79.9. The van der Waals surface area contributed by atoms with Crippen molar-refractivity contribution in [2.24, 2.45) is 0 Å². The van der Waals surface area contributed by atoms with E-state index in [1.54, 1.807) is 12.4 Å². The van der Waals surface area contributed by atoms with Crippen molar-refractivity contribution in [2.45, 2.75) is 0 Å². The van der Waals surface area contributed by atoms with Crippen molar-refractivity contribution >= 4 is 32.5 Å². The molecule has 0 saturated heterocycles. The quantitative estimate of drug-likeness (QED) is 0.663. The molecule has 0 N–H and O–H groups in total. The number of carbonyl (C=O) groups excluding carboxylic acids is 1. The van der Waals surface area contributed by atoms with Crippen molar-refractivity contribution in [2.75, 3.05) is 0 Å². The lowest BCUT2D eigenvalue weighted by Gasteiger charge is -2.06. The van der Waals surface area contributed by atoms with Gasteiger partial charge in [-0.3, -0.25) is 9.78 Å². The number of nitrogens with zero attached hydrogens (tertiary/aromatic N) is 1. The second-order valence-corrected chi connectivity index (χ2v) is 5.07. The third kappa shape index (κ3) is 2.17. The Balaban J connectivity index is 2.20. The highest BCUT2D eigenvalue weighted by Gasteiger charge is 2.14. The van der Waals surface area contributed by atoms with Crippen LogP contribution in [0, 0.1) is 0 Å². The van der Waals surface area contributed by atoms with Crippen molar-refractivity contribution in [3.05, 3.63) is 76.5 Å². The Morgan fingerprint density at radius 3 is 2.47 bits per heavy atom. The molecule has 1 heterocycles. The van der Waals surface area contributed by atoms with Gasteiger partial charge in [0.25, 0.3) is 0 Å². The number of hydrogen-bond acceptors (Lipinski definition) is 2. The van der Waals surface area contributed by atoms with Gasteiger partial charge in [0.1, 0.15) is 0 Å². The number of benzene rings is 2. The number of carbonyl (C=O) groups is 1. The zero-order chi connectivity index (χ0) is 13.2. The van der Waals surface area contributed by atoms with E-state index in [0.717, 1.165) is 15.2 Å². The second-order valence-electron chi connectivity index (χ2n) is 4.22. The van der Waals surface area contributed by atoms with E-state index in [0.29, 0.717) is 11.1 Å². The SMILES string of the molecule is O=C(c1ccccc1Br)c1cncc2ccccc12. The molecule has 0 atom stereocenters. The molecule has 0 aliphatic heterocycles. The van der Waals surface area contributed by atoms with Gasteiger partial charge in [-0.2, -0.15) is 0 Å². The van der Waals surface area contributed by atoms with Gasteiger partial charge in [-0.25, -0.2) is 0 Å². The smallest absolute Gasteiger partial charge is 0.196 e. The molecule has 3 heteroatoms. The third-order valence-electron chi connectivity index (χ3n) is 3.03. The molecule has 0 saturated carbocycles. The summed E-state index contributed by atoms with van der Waals surface area (Å²) < 4.78 is 0.799. The third-order valence-corrected chi connectivity index (χ3v) is 3.72. The summed E-state index contributed by atoms with van der Waals surface area (Å²) in [4.78, 5) is 16.8. The molecule has 19 heavy (non-hydrogen) atoms. The van der Waals surface area contributed by atoms with Gasteiger partial charge in [0.2, 0.25) is 0 Å². The van der Waals surface area contributed by atoms with Gasteiger partial charge in [0.15, 0.2) is 5.78 Å². The van der Waals surface area contributed by atoms with Gasteiger partial charge in [0, 0.05) is 33.4 Å². The Morgan fingerprint density at radius 1 is 0.895 bits per heavy atom. The molecule has 0 bridgehead atoms. The Morgan fingerprint density at radius 2 is 1.63 bits per heavy atom. The number of fused-ring (bicyclic) bond motifs is 1. The lowest BCUT2D eigenvalue weighted by atomic mass is 10.00. The van der Waals surface area contributed by atoms with Crippen molar-refractivity contribution < 1.29 is 4.79 Å². The fraction of sp³-hybridized carbons (Fsp3) is 0. The van der Waals surface area contributed by atoms with Crippen LogP contribution in [0.4, 0.5) is 0 Å². The summed E-state index contributed by atoms with van der Waals surface area (Å²) >= 11 is 3.42. The van der Waals surface area contributed by atoms with Crippen LogP contribution in [0.2, 0.25) is 0 Å². The summed E-state index contributed by atoms with van der Waals surface area (Å²) in [7, 11) is 0. The highest BCUT2D eigenvalue weighted by molar-refractivity contribution is 9.10. The molecule has 2 nitrogen and oxygen atoms in total. The molecular formula is C16H10BrNO. The van der Waals surface area contributed by atoms with Crippen LogP contribution in [0.15, 0.2) is 65.4 Å². The standard InChI is InChI=1S/C16H10BrNO/c17-15-8-4-3-7-13(15)16(19)14-10-18-9-11-5-1-2-6-12(11)14/h1-10H. The van der Waals surface area contributed by atoms with Crippen LogP contribution in [0.3, 0.4) is 0 Å². The molecule has 92 valence electrons. The Bertz CT molecular complexity index is 762. The second kappa shape index (κ2) is 4.94. The first-order valence-corrected chi connectivity index (χ1v) is 6.68. The van der Waals surface area contributed by atoms with Gasteiger partial charge < -0.3 is 0 Å². The lowest BCUT2D eigenvalue weighted by molar-refractivity contribution is 0.103. The van der Waals surface area contributed by atoms with E-state index < -0.39 is 0 Å². The Labute approximate surface area is 119 Å². The lowest BCUT2D eigenvalue weighted by Crippen LogP contribution is -2.03. The first-order chi connectivity index (χ1) is 9.27. The summed E-state index contributed by atoms with van der Waals surface area (Å²) in [5, 5.41) is 1.90. The fourth-order valence-corrected chi connectivity index (χ4v) is 2.55. The molecule has 0 fully saturated rings. The normalized spacial score (nSPS) is 10.6. The average molecular weight is 312 g/mol. The summed E-state index contributed by atoms with van der Waals surface area (Å²) in [5.74, 6) is -0.0169. The molecule has 1 aromatic heterocycles. The zero-order valence-corrected chi connectivity index (χ0v) is 11.6. The number of hydrogen-bond donors (Lipinski definition) is 0. The van der Waals surface area contributed by atoms with Crippen molar-refractivity contribution in [1.82, 2.24) is 4.98 Å². The maximum absolute atomic E-state index is 12.6. The molecule has 0 aliphatic carbocycles. The number of ketones is 1. The van der Waals surface area contributed by atoms with Gasteiger partial charge in [-0.1, -0.05) is 52.3 Å². The monoisotopic (exact) mass is 311 g/mol. The predicted octanol–water partition coefficient (Wildman–Crippen LogP) is 4.23. The van der Waals surface area contributed by atoms with Crippen LogP contribution in [0.5, 0.6) is 0 Å². The maximum Gasteiger partial charge on any atom is 0.196 e. The summed E-state index contributed by atoms with van der Waals surface area (Å²) in [5.41, 5.74) is 1.28. The molecular weight excluding hydrogens is 302 g/mol. The van der Waals surface area contributed by atoms with Crippen LogP contribution >= 0.6 is 15.9 Å². The molecule has 3 aromatic rings. The van der Waals surface area contributed by atoms with E-state index in [2.05, 4.69) is 20.9 Å². The number of aromatic nitrogens is 1. The molecule has 3 rings (SSSR count). The van der Waals surface area contributed by atoms with Crippen LogP contribution in [-0.4, -0.2) is 10.8 Å². The average Bonchev–Trinajstić information content (AvgIpc) is 2.46. The van der Waals surface area contributed by atoms with Crippen LogP contribution < -0.4 is 0 Å². The van der Waals surface area contributed by atoms with E-state index in [4.69, 9.17) is 0 Å². The van der Waals surface area contributed by atoms with Crippen LogP contribution in [0.1, 0.15) is 15.9 Å². The summed E-state index contributed by atoms with van der Waals surface area (Å²) in [6.07, 6.45) is 3.40. The Hall–Kier alpha value is -2.00. The van der Waals surface area contributed by atoms with Crippen molar-refractivity contribution in [3.63, 3.8) is 0 Å². The topological polar surface area (TPSA) is 30.0 Å². The van der Waals surface area contributed by atoms with E-state index in [-0.39, 0.29) is 5.78 Å². The van der Waals surface area contributed by atoms with Crippen molar-refractivity contribution in [3.8, 4) is 0 Å². The predicted molar refractivity (Wildman–Crippen MR) is 79.3 cm³/mol.